The van der Waals surface area contributed by atoms with Crippen LogP contribution in [0.3, 0.4) is 0 Å². The molecule has 0 aliphatic heterocycles. The first-order valence-electron chi connectivity index (χ1n) is 6.95. The fourth-order valence-electron chi connectivity index (χ4n) is 1.77. The molecule has 2 N–H and O–H groups in total. The summed E-state index contributed by atoms with van der Waals surface area (Å²) in [6.07, 6.45) is -5.45. The van der Waals surface area contributed by atoms with E-state index in [1.54, 1.807) is 6.92 Å². The highest BCUT2D eigenvalue weighted by Gasteiger charge is 2.30. The van der Waals surface area contributed by atoms with Gasteiger partial charge in [0, 0.05) is 12.6 Å². The van der Waals surface area contributed by atoms with Crippen molar-refractivity contribution in [1.82, 2.24) is 10.5 Å². The predicted molar refractivity (Wildman–Crippen MR) is 76.5 cm³/mol. The van der Waals surface area contributed by atoms with E-state index in [1.165, 1.54) is 6.07 Å². The summed E-state index contributed by atoms with van der Waals surface area (Å²) in [6, 6.07) is 5.53. The third-order valence-electron chi connectivity index (χ3n) is 2.98. The average molecular weight is 344 g/mol. The molecule has 1 aromatic carbocycles. The van der Waals surface area contributed by atoms with E-state index in [9.17, 15) is 23.1 Å². The van der Waals surface area contributed by atoms with Crippen LogP contribution in [-0.4, -0.2) is 35.4 Å². The summed E-state index contributed by atoms with van der Waals surface area (Å²) in [4.78, 5) is 11.7. The van der Waals surface area contributed by atoms with Crippen molar-refractivity contribution in [3.63, 3.8) is 0 Å². The maximum Gasteiger partial charge on any atom is 0.416 e. The van der Waals surface area contributed by atoms with Crippen LogP contribution in [0.5, 0.6) is 5.75 Å². The molecule has 6 nitrogen and oxygen atoms in total. The zero-order valence-electron chi connectivity index (χ0n) is 12.6. The quantitative estimate of drug-likeness (QED) is 0.839. The number of hydrogen-bond donors (Lipinski definition) is 2. The van der Waals surface area contributed by atoms with Crippen molar-refractivity contribution in [3.05, 3.63) is 47.3 Å². The van der Waals surface area contributed by atoms with Gasteiger partial charge in [-0.05, 0) is 31.2 Å². The molecule has 1 amide bonds. The Morgan fingerprint density at radius 3 is 2.58 bits per heavy atom. The second-order valence-electron chi connectivity index (χ2n) is 5.02. The molecule has 24 heavy (non-hydrogen) atoms. The van der Waals surface area contributed by atoms with Crippen molar-refractivity contribution in [2.75, 3.05) is 13.2 Å². The lowest BCUT2D eigenvalue weighted by atomic mass is 10.2. The molecule has 0 fully saturated rings. The lowest BCUT2D eigenvalue weighted by Gasteiger charge is -2.13. The molecule has 0 unspecified atom stereocenters. The first-order valence-corrected chi connectivity index (χ1v) is 6.95. The number of benzene rings is 1. The van der Waals surface area contributed by atoms with Crippen molar-refractivity contribution < 1.29 is 32.3 Å². The number of hydrogen-bond acceptors (Lipinski definition) is 5. The topological polar surface area (TPSA) is 84.6 Å². The van der Waals surface area contributed by atoms with Gasteiger partial charge < -0.3 is 19.7 Å². The number of amides is 1. The SMILES string of the molecule is Cc1cc(C(=O)NC[C@@H](O)COc2ccc(C(F)(F)F)cc2)no1. The number of nitrogens with one attached hydrogen (secondary N) is 1. The summed E-state index contributed by atoms with van der Waals surface area (Å²) in [6.45, 7) is 1.34. The summed E-state index contributed by atoms with van der Waals surface area (Å²) >= 11 is 0. The van der Waals surface area contributed by atoms with Crippen LogP contribution in [0.25, 0.3) is 0 Å². The van der Waals surface area contributed by atoms with Crippen LogP contribution in [-0.2, 0) is 6.18 Å². The standard InChI is InChI=1S/C15H15F3N2O4/c1-9-6-13(20-24-9)14(22)19-7-11(21)8-23-12-4-2-10(3-5-12)15(16,17)18/h2-6,11,21H,7-8H2,1H3,(H,19,22)/t11-/m1/s1. The van der Waals surface area contributed by atoms with E-state index in [4.69, 9.17) is 9.26 Å². The second-order valence-corrected chi connectivity index (χ2v) is 5.02. The van der Waals surface area contributed by atoms with Crippen molar-refractivity contribution >= 4 is 5.91 Å². The second kappa shape index (κ2) is 7.35. The summed E-state index contributed by atoms with van der Waals surface area (Å²) in [5.41, 5.74) is -0.700. The van der Waals surface area contributed by atoms with Gasteiger partial charge in [0.2, 0.25) is 0 Å². The van der Waals surface area contributed by atoms with Crippen LogP contribution in [0.15, 0.2) is 34.9 Å². The molecular weight excluding hydrogens is 329 g/mol. The van der Waals surface area contributed by atoms with Crippen LogP contribution in [0.1, 0.15) is 21.8 Å². The van der Waals surface area contributed by atoms with Crippen LogP contribution in [0.4, 0.5) is 13.2 Å². The molecule has 0 radical (unpaired) electrons. The zero-order chi connectivity index (χ0) is 17.7. The Hall–Kier alpha value is -2.55. The monoisotopic (exact) mass is 344 g/mol. The Morgan fingerprint density at radius 1 is 1.38 bits per heavy atom. The smallest absolute Gasteiger partial charge is 0.416 e. The highest BCUT2D eigenvalue weighted by atomic mass is 19.4. The molecule has 0 aliphatic carbocycles. The largest absolute Gasteiger partial charge is 0.491 e. The first-order chi connectivity index (χ1) is 11.3. The van der Waals surface area contributed by atoms with Gasteiger partial charge in [0.1, 0.15) is 24.2 Å². The Bertz CT molecular complexity index is 683. The molecule has 0 aliphatic rings. The van der Waals surface area contributed by atoms with E-state index < -0.39 is 23.8 Å². The Labute approximate surface area is 135 Å². The van der Waals surface area contributed by atoms with Gasteiger partial charge in [-0.2, -0.15) is 13.2 Å². The molecule has 0 spiro atoms. The van der Waals surface area contributed by atoms with Gasteiger partial charge in [0.25, 0.3) is 5.91 Å². The summed E-state index contributed by atoms with van der Waals surface area (Å²) in [5.74, 6) is 0.146. The Morgan fingerprint density at radius 2 is 2.04 bits per heavy atom. The maximum atomic E-state index is 12.4. The van der Waals surface area contributed by atoms with Crippen molar-refractivity contribution in [3.8, 4) is 5.75 Å². The van der Waals surface area contributed by atoms with Crippen LogP contribution in [0.2, 0.25) is 0 Å². The van der Waals surface area contributed by atoms with Gasteiger partial charge in [0.05, 0.1) is 5.56 Å². The van der Waals surface area contributed by atoms with Crippen LogP contribution >= 0.6 is 0 Å². The van der Waals surface area contributed by atoms with E-state index in [-0.39, 0.29) is 24.6 Å². The number of alkyl halides is 3. The van der Waals surface area contributed by atoms with Gasteiger partial charge in [-0.3, -0.25) is 4.79 Å². The number of carbonyl (C=O) groups is 1. The highest BCUT2D eigenvalue weighted by Crippen LogP contribution is 2.30. The fraction of sp³-hybridized carbons (Fsp3) is 0.333. The van der Waals surface area contributed by atoms with Gasteiger partial charge in [-0.1, -0.05) is 5.16 Å². The molecule has 9 heteroatoms. The van der Waals surface area contributed by atoms with E-state index >= 15 is 0 Å². The van der Waals surface area contributed by atoms with Gasteiger partial charge in [0.15, 0.2) is 5.69 Å². The number of aliphatic hydroxyl groups excluding tert-OH is 1. The van der Waals surface area contributed by atoms with E-state index in [0.717, 1.165) is 24.3 Å². The number of halogens is 3. The Balaban J connectivity index is 1.76. The Kier molecular flexibility index (Phi) is 5.45. The summed E-state index contributed by atoms with van der Waals surface area (Å²) in [5, 5.41) is 15.7. The minimum absolute atomic E-state index is 0.0864. The van der Waals surface area contributed by atoms with Crippen molar-refractivity contribution in [1.29, 1.82) is 0 Å². The summed E-state index contributed by atoms with van der Waals surface area (Å²) < 4.78 is 47.2. The number of aromatic nitrogens is 1. The molecule has 0 bridgehead atoms. The highest BCUT2D eigenvalue weighted by molar-refractivity contribution is 5.92. The molecule has 1 aromatic heterocycles. The molecule has 1 atom stereocenters. The molecule has 130 valence electrons. The molecule has 0 saturated carbocycles. The van der Waals surface area contributed by atoms with Crippen LogP contribution < -0.4 is 10.1 Å². The van der Waals surface area contributed by atoms with E-state index in [0.29, 0.717) is 5.76 Å². The van der Waals surface area contributed by atoms with E-state index in [2.05, 4.69) is 10.5 Å². The molecular formula is C15H15F3N2O4. The number of aryl methyl sites for hydroxylation is 1. The predicted octanol–water partition coefficient (Wildman–Crippen LogP) is 2.17. The lowest BCUT2D eigenvalue weighted by Crippen LogP contribution is -2.35. The molecule has 0 saturated heterocycles. The normalized spacial score (nSPS) is 12.7. The third-order valence-corrected chi connectivity index (χ3v) is 2.98. The first kappa shape index (κ1) is 17.8. The fourth-order valence-corrected chi connectivity index (χ4v) is 1.77. The number of carbonyl (C=O) groups excluding carboxylic acids is 1. The molecule has 2 aromatic rings. The third kappa shape index (κ3) is 4.98. The van der Waals surface area contributed by atoms with Crippen LogP contribution in [0, 0.1) is 6.92 Å². The number of aliphatic hydroxyl groups is 1. The molecule has 1 heterocycles. The summed E-state index contributed by atoms with van der Waals surface area (Å²) in [7, 11) is 0. The minimum Gasteiger partial charge on any atom is -0.491 e. The zero-order valence-corrected chi connectivity index (χ0v) is 12.6. The number of rotatable bonds is 6. The minimum atomic E-state index is -4.41. The number of nitrogens with zero attached hydrogens (tertiary/aromatic N) is 1. The van der Waals surface area contributed by atoms with Gasteiger partial charge in [-0.15, -0.1) is 0 Å². The number of ether oxygens (including phenoxy) is 1. The van der Waals surface area contributed by atoms with E-state index in [1.807, 2.05) is 0 Å². The maximum absolute atomic E-state index is 12.4. The van der Waals surface area contributed by atoms with Crippen molar-refractivity contribution in [2.45, 2.75) is 19.2 Å². The van der Waals surface area contributed by atoms with Gasteiger partial charge >= 0.3 is 6.18 Å². The average Bonchev–Trinajstić information content (AvgIpc) is 2.96. The lowest BCUT2D eigenvalue weighted by molar-refractivity contribution is -0.137. The van der Waals surface area contributed by atoms with Crippen molar-refractivity contribution in [2.24, 2.45) is 0 Å². The molecule has 2 rings (SSSR count). The van der Waals surface area contributed by atoms with Gasteiger partial charge in [-0.25, -0.2) is 0 Å².